The van der Waals surface area contributed by atoms with Gasteiger partial charge in [0.2, 0.25) is 0 Å². The van der Waals surface area contributed by atoms with E-state index < -0.39 is 0 Å². The number of rotatable bonds is 5. The molecule has 5 heteroatoms. The molecule has 0 spiro atoms. The zero-order valence-electron chi connectivity index (χ0n) is 12.7. The van der Waals surface area contributed by atoms with Gasteiger partial charge >= 0.3 is 6.03 Å². The van der Waals surface area contributed by atoms with Crippen LogP contribution in [0, 0.1) is 0 Å². The zero-order chi connectivity index (χ0) is 14.4. The van der Waals surface area contributed by atoms with Gasteiger partial charge in [-0.05, 0) is 45.7 Å². The van der Waals surface area contributed by atoms with Gasteiger partial charge in [0, 0.05) is 12.6 Å². The van der Waals surface area contributed by atoms with E-state index in [9.17, 15) is 9.90 Å². The maximum absolute atomic E-state index is 12.1. The maximum Gasteiger partial charge on any atom is 0.315 e. The van der Waals surface area contributed by atoms with Crippen LogP contribution in [0.1, 0.15) is 51.9 Å². The third kappa shape index (κ3) is 4.35. The van der Waals surface area contributed by atoms with Crippen LogP contribution in [0.3, 0.4) is 0 Å². The first-order valence-electron chi connectivity index (χ1n) is 8.05. The number of likely N-dealkylation sites (tertiary alicyclic amines) is 1. The summed E-state index contributed by atoms with van der Waals surface area (Å²) in [6, 6.07) is 0.00991. The van der Waals surface area contributed by atoms with E-state index in [0.717, 1.165) is 45.3 Å². The molecule has 20 heavy (non-hydrogen) atoms. The van der Waals surface area contributed by atoms with E-state index in [1.165, 1.54) is 19.3 Å². The quantitative estimate of drug-likeness (QED) is 0.716. The van der Waals surface area contributed by atoms with Gasteiger partial charge in [0.1, 0.15) is 0 Å². The van der Waals surface area contributed by atoms with Crippen molar-refractivity contribution >= 4 is 6.03 Å². The zero-order valence-corrected chi connectivity index (χ0v) is 12.7. The van der Waals surface area contributed by atoms with Gasteiger partial charge in [-0.15, -0.1) is 0 Å². The molecule has 1 aliphatic heterocycles. The molecule has 1 heterocycles. The van der Waals surface area contributed by atoms with E-state index in [4.69, 9.17) is 0 Å². The summed E-state index contributed by atoms with van der Waals surface area (Å²) in [6.07, 6.45) is 7.82. The fourth-order valence-electron chi connectivity index (χ4n) is 3.45. The van der Waals surface area contributed by atoms with Gasteiger partial charge in [0.25, 0.3) is 0 Å². The van der Waals surface area contributed by atoms with Crippen LogP contribution < -0.4 is 10.6 Å². The summed E-state index contributed by atoms with van der Waals surface area (Å²) in [6.45, 7) is 5.30. The molecule has 0 aromatic carbocycles. The number of aliphatic hydroxyl groups is 1. The number of nitrogens with zero attached hydrogens (tertiary/aromatic N) is 1. The molecule has 2 amide bonds. The molecule has 0 bridgehead atoms. The van der Waals surface area contributed by atoms with Crippen molar-refractivity contribution in [3.63, 3.8) is 0 Å². The number of hydrogen-bond donors (Lipinski definition) is 3. The van der Waals surface area contributed by atoms with Crippen molar-refractivity contribution in [2.75, 3.05) is 26.2 Å². The van der Waals surface area contributed by atoms with Gasteiger partial charge in [-0.3, -0.25) is 0 Å². The van der Waals surface area contributed by atoms with Crippen LogP contribution in [0.2, 0.25) is 0 Å². The van der Waals surface area contributed by atoms with Crippen LogP contribution >= 0.6 is 0 Å². The van der Waals surface area contributed by atoms with Gasteiger partial charge in [-0.25, -0.2) is 4.79 Å². The normalized spacial score (nSPS) is 24.3. The topological polar surface area (TPSA) is 64.6 Å². The lowest BCUT2D eigenvalue weighted by molar-refractivity contribution is 0.159. The average molecular weight is 283 g/mol. The number of aliphatic hydroxyl groups excluding tert-OH is 1. The molecular formula is C15H29N3O2. The predicted octanol–water partition coefficient (Wildman–Crippen LogP) is 1.47. The Balaban J connectivity index is 1.72. The van der Waals surface area contributed by atoms with E-state index in [-0.39, 0.29) is 24.2 Å². The molecule has 2 fully saturated rings. The van der Waals surface area contributed by atoms with Crippen LogP contribution in [0.15, 0.2) is 0 Å². The van der Waals surface area contributed by atoms with Crippen molar-refractivity contribution in [2.45, 2.75) is 63.5 Å². The number of amides is 2. The SMILES string of the molecule is CC(CN1CCCCC1)NC(=O)NC1(CO)CCCC1. The van der Waals surface area contributed by atoms with Gasteiger partial charge in [0.05, 0.1) is 12.1 Å². The number of carbonyl (C=O) groups is 1. The molecule has 1 unspecified atom stereocenters. The molecule has 0 radical (unpaired) electrons. The van der Waals surface area contributed by atoms with E-state index >= 15 is 0 Å². The summed E-state index contributed by atoms with van der Waals surface area (Å²) in [5.74, 6) is 0. The second-order valence-electron chi connectivity index (χ2n) is 6.51. The fourth-order valence-corrected chi connectivity index (χ4v) is 3.45. The molecule has 2 aliphatic rings. The Bertz CT molecular complexity index is 310. The number of nitrogens with one attached hydrogen (secondary N) is 2. The highest BCUT2D eigenvalue weighted by molar-refractivity contribution is 5.75. The summed E-state index contributed by atoms with van der Waals surface area (Å²) < 4.78 is 0. The summed E-state index contributed by atoms with van der Waals surface area (Å²) in [5.41, 5.74) is -0.380. The Labute approximate surface area is 122 Å². The number of urea groups is 1. The van der Waals surface area contributed by atoms with Crippen molar-refractivity contribution in [1.82, 2.24) is 15.5 Å². The molecule has 2 rings (SSSR count). The van der Waals surface area contributed by atoms with Gasteiger partial charge in [-0.1, -0.05) is 19.3 Å². The molecule has 0 aromatic heterocycles. The summed E-state index contributed by atoms with van der Waals surface area (Å²) in [7, 11) is 0. The van der Waals surface area contributed by atoms with Crippen LogP contribution in [0.25, 0.3) is 0 Å². The van der Waals surface area contributed by atoms with Crippen LogP contribution in [-0.4, -0.2) is 53.9 Å². The third-order valence-corrected chi connectivity index (χ3v) is 4.60. The van der Waals surface area contributed by atoms with E-state index in [1.807, 2.05) is 0 Å². The molecule has 3 N–H and O–H groups in total. The maximum atomic E-state index is 12.1. The molecular weight excluding hydrogens is 254 g/mol. The van der Waals surface area contributed by atoms with E-state index in [1.54, 1.807) is 0 Å². The Kier molecular flexibility index (Phi) is 5.66. The lowest BCUT2D eigenvalue weighted by atomic mass is 9.99. The van der Waals surface area contributed by atoms with Crippen molar-refractivity contribution in [3.05, 3.63) is 0 Å². The third-order valence-electron chi connectivity index (χ3n) is 4.60. The van der Waals surface area contributed by atoms with Crippen molar-refractivity contribution in [3.8, 4) is 0 Å². The number of carbonyl (C=O) groups excluding carboxylic acids is 1. The minimum absolute atomic E-state index is 0.0426. The molecule has 1 atom stereocenters. The summed E-state index contributed by atoms with van der Waals surface area (Å²) in [4.78, 5) is 14.5. The Hall–Kier alpha value is -0.810. The largest absolute Gasteiger partial charge is 0.394 e. The minimum atomic E-state index is -0.380. The first kappa shape index (κ1) is 15.6. The number of piperidine rings is 1. The monoisotopic (exact) mass is 283 g/mol. The Morgan fingerprint density at radius 3 is 2.45 bits per heavy atom. The van der Waals surface area contributed by atoms with Crippen LogP contribution in [-0.2, 0) is 0 Å². The van der Waals surface area contributed by atoms with Gasteiger partial charge in [0.15, 0.2) is 0 Å². The minimum Gasteiger partial charge on any atom is -0.394 e. The Morgan fingerprint density at radius 2 is 1.85 bits per heavy atom. The lowest BCUT2D eigenvalue weighted by Gasteiger charge is -2.31. The van der Waals surface area contributed by atoms with E-state index in [0.29, 0.717) is 0 Å². The average Bonchev–Trinajstić information content (AvgIpc) is 2.88. The fraction of sp³-hybridized carbons (Fsp3) is 0.933. The summed E-state index contributed by atoms with van der Waals surface area (Å²) in [5, 5.41) is 15.5. The first-order valence-corrected chi connectivity index (χ1v) is 8.05. The second-order valence-corrected chi connectivity index (χ2v) is 6.51. The Morgan fingerprint density at radius 1 is 1.20 bits per heavy atom. The highest BCUT2D eigenvalue weighted by atomic mass is 16.3. The standard InChI is InChI=1S/C15H29N3O2/c1-13(11-18-9-5-2-6-10-18)16-14(20)17-15(12-19)7-3-4-8-15/h13,19H,2-12H2,1H3,(H2,16,17,20). The highest BCUT2D eigenvalue weighted by Crippen LogP contribution is 2.28. The first-order chi connectivity index (χ1) is 9.63. The van der Waals surface area contributed by atoms with Crippen LogP contribution in [0.5, 0.6) is 0 Å². The molecule has 5 nitrogen and oxygen atoms in total. The van der Waals surface area contributed by atoms with Crippen molar-refractivity contribution < 1.29 is 9.90 Å². The van der Waals surface area contributed by atoms with E-state index in [2.05, 4.69) is 22.5 Å². The second kappa shape index (κ2) is 7.27. The highest BCUT2D eigenvalue weighted by Gasteiger charge is 2.34. The van der Waals surface area contributed by atoms with Gasteiger partial charge < -0.3 is 20.6 Å². The lowest BCUT2D eigenvalue weighted by Crippen LogP contribution is -2.55. The van der Waals surface area contributed by atoms with Crippen LogP contribution in [0.4, 0.5) is 4.79 Å². The van der Waals surface area contributed by atoms with Crippen molar-refractivity contribution in [1.29, 1.82) is 0 Å². The predicted molar refractivity (Wildman–Crippen MR) is 79.7 cm³/mol. The molecule has 0 aromatic rings. The van der Waals surface area contributed by atoms with Crippen molar-refractivity contribution in [2.24, 2.45) is 0 Å². The summed E-state index contributed by atoms with van der Waals surface area (Å²) >= 11 is 0. The molecule has 1 aliphatic carbocycles. The molecule has 1 saturated heterocycles. The smallest absolute Gasteiger partial charge is 0.315 e. The molecule has 1 saturated carbocycles. The molecule has 116 valence electrons. The van der Waals surface area contributed by atoms with Gasteiger partial charge in [-0.2, -0.15) is 0 Å². The number of hydrogen-bond acceptors (Lipinski definition) is 3.